The molecule has 4 aromatic rings. The Morgan fingerprint density at radius 2 is 1.45 bits per heavy atom. The van der Waals surface area contributed by atoms with Crippen LogP contribution < -0.4 is 5.32 Å². The van der Waals surface area contributed by atoms with Crippen molar-refractivity contribution < 1.29 is 4.74 Å². The van der Waals surface area contributed by atoms with Crippen molar-refractivity contribution in [3.63, 3.8) is 0 Å². The fourth-order valence-electron chi connectivity index (χ4n) is 3.15. The number of benzene rings is 1. The van der Waals surface area contributed by atoms with Crippen LogP contribution in [0.3, 0.4) is 0 Å². The molecule has 9 heteroatoms. The predicted octanol–water partition coefficient (Wildman–Crippen LogP) is 2.96. The molecule has 1 aromatic carbocycles. The van der Waals surface area contributed by atoms with Gasteiger partial charge in [-0.1, -0.05) is 24.4 Å². The minimum Gasteiger partial charge on any atom is -0.370 e. The largest absolute Gasteiger partial charge is 0.370 e. The Morgan fingerprint density at radius 1 is 0.931 bits per heavy atom. The van der Waals surface area contributed by atoms with E-state index in [9.17, 15) is 0 Å². The highest BCUT2D eigenvalue weighted by Crippen LogP contribution is 2.21. The zero-order valence-electron chi connectivity index (χ0n) is 15.9. The molecule has 8 nitrogen and oxygen atoms in total. The van der Waals surface area contributed by atoms with Gasteiger partial charge in [0.1, 0.15) is 6.61 Å². The SMILES string of the molecule is CC(=S)Nc1ccc(COCC(n2cccn2)(n2cccn2)n2cccn2)cc1. The normalized spacial score (nSPS) is 11.5. The fourth-order valence-corrected chi connectivity index (χ4v) is 3.27. The Hall–Kier alpha value is -3.30. The topological polar surface area (TPSA) is 74.7 Å². The first-order valence-electron chi connectivity index (χ1n) is 9.13. The number of aromatic nitrogens is 6. The molecular weight excluding hydrogens is 386 g/mol. The van der Waals surface area contributed by atoms with Gasteiger partial charge in [0.15, 0.2) is 0 Å². The van der Waals surface area contributed by atoms with E-state index in [4.69, 9.17) is 17.0 Å². The summed E-state index contributed by atoms with van der Waals surface area (Å²) in [6, 6.07) is 13.6. The number of nitrogens with zero attached hydrogens (tertiary/aromatic N) is 6. The minimum absolute atomic E-state index is 0.275. The van der Waals surface area contributed by atoms with Crippen molar-refractivity contribution in [1.82, 2.24) is 29.3 Å². The van der Waals surface area contributed by atoms with Gasteiger partial charge < -0.3 is 10.1 Å². The summed E-state index contributed by atoms with van der Waals surface area (Å²) in [4.78, 5) is 0.733. The molecule has 0 amide bonds. The van der Waals surface area contributed by atoms with Crippen molar-refractivity contribution in [2.45, 2.75) is 19.3 Å². The lowest BCUT2D eigenvalue weighted by Gasteiger charge is -2.34. The number of hydrogen-bond donors (Lipinski definition) is 1. The summed E-state index contributed by atoms with van der Waals surface area (Å²) in [5.74, 6) is -0.896. The minimum atomic E-state index is -0.896. The third-order valence-corrected chi connectivity index (χ3v) is 4.55. The molecule has 3 heterocycles. The first-order chi connectivity index (χ1) is 14.2. The Kier molecular flexibility index (Phi) is 5.50. The van der Waals surface area contributed by atoms with Crippen molar-refractivity contribution in [2.75, 3.05) is 11.9 Å². The third kappa shape index (κ3) is 3.96. The maximum Gasteiger partial charge on any atom is 0.273 e. The van der Waals surface area contributed by atoms with E-state index in [1.54, 1.807) is 32.6 Å². The summed E-state index contributed by atoms with van der Waals surface area (Å²) in [6.07, 6.45) is 10.8. The first-order valence-corrected chi connectivity index (χ1v) is 9.54. The monoisotopic (exact) mass is 407 g/mol. The Morgan fingerprint density at radius 3 is 1.86 bits per heavy atom. The Bertz CT molecular complexity index is 941. The van der Waals surface area contributed by atoms with E-state index in [1.165, 1.54) is 0 Å². The first kappa shape index (κ1) is 19.0. The van der Waals surface area contributed by atoms with E-state index in [1.807, 2.05) is 68.0 Å². The summed E-state index contributed by atoms with van der Waals surface area (Å²) < 4.78 is 11.5. The van der Waals surface area contributed by atoms with Crippen LogP contribution in [0.15, 0.2) is 79.6 Å². The van der Waals surface area contributed by atoms with Gasteiger partial charge in [-0.25, -0.2) is 14.0 Å². The van der Waals surface area contributed by atoms with Crippen molar-refractivity contribution in [3.8, 4) is 0 Å². The lowest BCUT2D eigenvalue weighted by Crippen LogP contribution is -2.52. The summed E-state index contributed by atoms with van der Waals surface area (Å²) in [5.41, 5.74) is 2.01. The molecule has 0 saturated carbocycles. The molecule has 0 fully saturated rings. The number of anilines is 1. The van der Waals surface area contributed by atoms with Crippen molar-refractivity contribution in [1.29, 1.82) is 0 Å². The number of nitrogens with one attached hydrogen (secondary N) is 1. The quantitative estimate of drug-likeness (QED) is 0.453. The van der Waals surface area contributed by atoms with E-state index in [0.29, 0.717) is 6.61 Å². The molecule has 29 heavy (non-hydrogen) atoms. The number of hydrogen-bond acceptors (Lipinski definition) is 5. The second kappa shape index (κ2) is 8.38. The molecule has 0 bridgehead atoms. The van der Waals surface area contributed by atoms with Crippen LogP contribution in [-0.2, 0) is 17.1 Å². The van der Waals surface area contributed by atoms with Crippen LogP contribution in [0.2, 0.25) is 0 Å². The van der Waals surface area contributed by atoms with Gasteiger partial charge in [0.2, 0.25) is 0 Å². The predicted molar refractivity (Wildman–Crippen MR) is 113 cm³/mol. The summed E-state index contributed by atoms with van der Waals surface area (Å²) in [6.45, 7) is 2.56. The standard InChI is InChI=1S/C20H21N7OS/c1-17(29)24-19-7-5-18(6-8-19)15-28-16-20(25-12-2-9-21-25,26-13-3-10-22-26)27-14-4-11-23-27/h2-14H,15-16H2,1H3,(H,24,29). The van der Waals surface area contributed by atoms with E-state index in [-0.39, 0.29) is 6.61 Å². The van der Waals surface area contributed by atoms with Crippen LogP contribution in [0.5, 0.6) is 0 Å². The molecule has 148 valence electrons. The van der Waals surface area contributed by atoms with Gasteiger partial charge in [-0.2, -0.15) is 15.3 Å². The van der Waals surface area contributed by atoms with Gasteiger partial charge in [-0.15, -0.1) is 0 Å². The summed E-state index contributed by atoms with van der Waals surface area (Å²) in [5, 5.41) is 16.5. The molecule has 0 aliphatic carbocycles. The van der Waals surface area contributed by atoms with Gasteiger partial charge in [0.25, 0.3) is 5.79 Å². The van der Waals surface area contributed by atoms with Gasteiger partial charge in [0, 0.05) is 42.9 Å². The van der Waals surface area contributed by atoms with Crippen LogP contribution >= 0.6 is 12.2 Å². The molecule has 0 aliphatic heterocycles. The molecule has 4 rings (SSSR count). The molecule has 0 saturated heterocycles. The van der Waals surface area contributed by atoms with E-state index in [2.05, 4.69) is 20.6 Å². The molecule has 0 unspecified atom stereocenters. The lowest BCUT2D eigenvalue weighted by molar-refractivity contribution is -0.0174. The highest BCUT2D eigenvalue weighted by atomic mass is 32.1. The molecule has 3 aromatic heterocycles. The molecule has 0 spiro atoms. The average molecular weight is 408 g/mol. The fraction of sp³-hybridized carbons (Fsp3) is 0.200. The van der Waals surface area contributed by atoms with Crippen LogP contribution in [0, 0.1) is 0 Å². The molecular formula is C20H21N7OS. The third-order valence-electron chi connectivity index (χ3n) is 4.45. The highest BCUT2D eigenvalue weighted by Gasteiger charge is 2.39. The second-order valence-electron chi connectivity index (χ2n) is 6.50. The van der Waals surface area contributed by atoms with Gasteiger partial charge in [-0.05, 0) is 42.8 Å². The molecule has 0 atom stereocenters. The van der Waals surface area contributed by atoms with Crippen molar-refractivity contribution in [2.24, 2.45) is 0 Å². The lowest BCUT2D eigenvalue weighted by atomic mass is 10.2. The van der Waals surface area contributed by atoms with Crippen LogP contribution in [-0.4, -0.2) is 40.9 Å². The summed E-state index contributed by atoms with van der Waals surface area (Å²) in [7, 11) is 0. The Balaban J connectivity index is 1.58. The smallest absolute Gasteiger partial charge is 0.273 e. The summed E-state index contributed by atoms with van der Waals surface area (Å²) >= 11 is 5.08. The van der Waals surface area contributed by atoms with Gasteiger partial charge in [-0.3, -0.25) is 0 Å². The molecule has 1 N–H and O–H groups in total. The highest BCUT2D eigenvalue weighted by molar-refractivity contribution is 7.80. The van der Waals surface area contributed by atoms with Crippen LogP contribution in [0.4, 0.5) is 5.69 Å². The van der Waals surface area contributed by atoms with E-state index >= 15 is 0 Å². The van der Waals surface area contributed by atoms with Gasteiger partial charge in [0.05, 0.1) is 11.6 Å². The zero-order valence-corrected chi connectivity index (χ0v) is 16.7. The zero-order chi connectivity index (χ0) is 20.1. The van der Waals surface area contributed by atoms with Gasteiger partial charge >= 0.3 is 0 Å². The second-order valence-corrected chi connectivity index (χ2v) is 7.11. The average Bonchev–Trinajstić information content (AvgIpc) is 3.50. The maximum absolute atomic E-state index is 6.15. The number of rotatable bonds is 8. The van der Waals surface area contributed by atoms with Crippen LogP contribution in [0.1, 0.15) is 12.5 Å². The maximum atomic E-state index is 6.15. The Labute approximate surface area is 173 Å². The number of thiocarbonyl (C=S) groups is 1. The van der Waals surface area contributed by atoms with E-state index < -0.39 is 5.79 Å². The molecule has 0 aliphatic rings. The van der Waals surface area contributed by atoms with Crippen molar-refractivity contribution in [3.05, 3.63) is 85.2 Å². The van der Waals surface area contributed by atoms with Crippen LogP contribution in [0.25, 0.3) is 0 Å². The molecule has 0 radical (unpaired) electrons. The van der Waals surface area contributed by atoms with Crippen molar-refractivity contribution >= 4 is 22.9 Å². The number of ether oxygens (including phenoxy) is 1. The van der Waals surface area contributed by atoms with E-state index in [0.717, 1.165) is 16.2 Å².